The van der Waals surface area contributed by atoms with Crippen LogP contribution in [-0.4, -0.2) is 17.1 Å². The number of aromatic nitrogens is 1. The Bertz CT molecular complexity index is 350. The van der Waals surface area contributed by atoms with Crippen LogP contribution in [0.5, 0.6) is 0 Å². The van der Waals surface area contributed by atoms with Gasteiger partial charge in [-0.3, -0.25) is 0 Å². The van der Waals surface area contributed by atoms with Gasteiger partial charge in [-0.1, -0.05) is 13.8 Å². The van der Waals surface area contributed by atoms with Crippen molar-refractivity contribution >= 4 is 16.5 Å². The van der Waals surface area contributed by atoms with Gasteiger partial charge >= 0.3 is 0 Å². The molecule has 1 saturated carbocycles. The predicted octanol–water partition coefficient (Wildman–Crippen LogP) is 2.30. The Morgan fingerprint density at radius 1 is 1.47 bits per heavy atom. The first-order valence-electron chi connectivity index (χ1n) is 5.37. The molecule has 2 atom stereocenters. The van der Waals surface area contributed by atoms with Crippen molar-refractivity contribution in [2.24, 2.45) is 11.1 Å². The molecule has 2 rings (SSSR count). The van der Waals surface area contributed by atoms with Gasteiger partial charge in [0.25, 0.3) is 0 Å². The van der Waals surface area contributed by atoms with E-state index in [1.165, 1.54) is 4.88 Å². The van der Waals surface area contributed by atoms with E-state index in [2.05, 4.69) is 38.0 Å². The molecule has 1 aliphatic rings. The van der Waals surface area contributed by atoms with E-state index in [9.17, 15) is 0 Å². The topological polar surface area (TPSA) is 50.9 Å². The lowest BCUT2D eigenvalue weighted by molar-refractivity contribution is 0.117. The molecule has 0 aliphatic heterocycles. The Morgan fingerprint density at radius 3 is 2.53 bits per heavy atom. The maximum Gasteiger partial charge on any atom is 0.183 e. The molecule has 1 aromatic rings. The van der Waals surface area contributed by atoms with E-state index in [1.54, 1.807) is 11.3 Å². The Kier molecular flexibility index (Phi) is 2.51. The molecule has 4 heteroatoms. The number of nitrogens with zero attached hydrogens (tertiary/aromatic N) is 1. The molecular weight excluding hydrogens is 206 g/mol. The van der Waals surface area contributed by atoms with Gasteiger partial charge in [0.15, 0.2) is 5.13 Å². The van der Waals surface area contributed by atoms with Crippen molar-refractivity contribution in [3.63, 3.8) is 0 Å². The summed E-state index contributed by atoms with van der Waals surface area (Å²) in [4.78, 5) is 5.78. The van der Waals surface area contributed by atoms with Crippen LogP contribution in [-0.2, 0) is 0 Å². The van der Waals surface area contributed by atoms with Crippen molar-refractivity contribution in [3.8, 4) is 0 Å². The van der Waals surface area contributed by atoms with E-state index < -0.39 is 0 Å². The van der Waals surface area contributed by atoms with Crippen LogP contribution in [0, 0.1) is 19.3 Å². The molecule has 1 aromatic heterocycles. The quantitative estimate of drug-likeness (QED) is 0.812. The molecule has 0 saturated heterocycles. The lowest BCUT2D eigenvalue weighted by Gasteiger charge is -2.50. The summed E-state index contributed by atoms with van der Waals surface area (Å²) in [5.74, 6) is 0. The molecule has 0 bridgehead atoms. The molecule has 15 heavy (non-hydrogen) atoms. The van der Waals surface area contributed by atoms with Gasteiger partial charge in [0.05, 0.1) is 5.69 Å². The minimum Gasteiger partial charge on any atom is -0.358 e. The second-order valence-electron chi connectivity index (χ2n) is 5.02. The fraction of sp³-hybridized carbons (Fsp3) is 0.727. The summed E-state index contributed by atoms with van der Waals surface area (Å²) in [6.45, 7) is 8.59. The van der Waals surface area contributed by atoms with Crippen molar-refractivity contribution in [1.29, 1.82) is 0 Å². The molecule has 3 N–H and O–H groups in total. The first kappa shape index (κ1) is 10.9. The number of hydrogen-bond acceptors (Lipinski definition) is 4. The highest BCUT2D eigenvalue weighted by Gasteiger charge is 2.46. The van der Waals surface area contributed by atoms with Crippen molar-refractivity contribution in [2.75, 3.05) is 5.32 Å². The van der Waals surface area contributed by atoms with Crippen LogP contribution in [0.25, 0.3) is 0 Å². The summed E-state index contributed by atoms with van der Waals surface area (Å²) in [5, 5.41) is 4.53. The van der Waals surface area contributed by atoms with E-state index in [4.69, 9.17) is 5.73 Å². The Balaban J connectivity index is 2.05. The predicted molar refractivity (Wildman–Crippen MR) is 65.4 cm³/mol. The van der Waals surface area contributed by atoms with Gasteiger partial charge in [-0.2, -0.15) is 0 Å². The van der Waals surface area contributed by atoms with Gasteiger partial charge in [-0.15, -0.1) is 11.3 Å². The summed E-state index contributed by atoms with van der Waals surface area (Å²) in [5.41, 5.74) is 7.30. The number of hydrogen-bond donors (Lipinski definition) is 2. The zero-order valence-electron chi connectivity index (χ0n) is 9.79. The van der Waals surface area contributed by atoms with E-state index >= 15 is 0 Å². The number of thiazole rings is 1. The third-order valence-corrected chi connectivity index (χ3v) is 4.67. The van der Waals surface area contributed by atoms with Crippen LogP contribution in [0.15, 0.2) is 0 Å². The number of nitrogens with two attached hydrogens (primary N) is 1. The van der Waals surface area contributed by atoms with Gasteiger partial charge in [-0.05, 0) is 20.3 Å². The third kappa shape index (κ3) is 1.76. The normalized spacial score (nSPS) is 28.6. The number of rotatable bonds is 2. The Labute approximate surface area is 95.1 Å². The number of nitrogens with one attached hydrogen (secondary N) is 1. The van der Waals surface area contributed by atoms with E-state index in [1.807, 2.05) is 0 Å². The molecular formula is C11H19N3S. The third-order valence-electron chi connectivity index (χ3n) is 3.67. The standard InChI is InChI=1S/C11H19N3S/c1-6-7(2)15-10(13-6)14-9-5-8(12)11(9,3)4/h8-9H,5,12H2,1-4H3,(H,13,14). The highest BCUT2D eigenvalue weighted by molar-refractivity contribution is 7.15. The largest absolute Gasteiger partial charge is 0.358 e. The lowest BCUT2D eigenvalue weighted by Crippen LogP contribution is -2.61. The van der Waals surface area contributed by atoms with Gasteiger partial charge in [0.1, 0.15) is 0 Å². The highest BCUT2D eigenvalue weighted by atomic mass is 32.1. The van der Waals surface area contributed by atoms with E-state index in [0.29, 0.717) is 12.1 Å². The lowest BCUT2D eigenvalue weighted by atomic mass is 9.63. The van der Waals surface area contributed by atoms with Crippen LogP contribution in [0.2, 0.25) is 0 Å². The first-order valence-corrected chi connectivity index (χ1v) is 6.19. The van der Waals surface area contributed by atoms with E-state index in [-0.39, 0.29) is 5.41 Å². The van der Waals surface area contributed by atoms with Crippen LogP contribution in [0.4, 0.5) is 5.13 Å². The first-order chi connectivity index (χ1) is 6.91. The van der Waals surface area contributed by atoms with Gasteiger partial charge in [-0.25, -0.2) is 4.98 Å². The fourth-order valence-electron chi connectivity index (χ4n) is 1.89. The zero-order valence-corrected chi connectivity index (χ0v) is 10.6. The second kappa shape index (κ2) is 3.46. The van der Waals surface area contributed by atoms with Crippen molar-refractivity contribution in [2.45, 2.75) is 46.2 Å². The summed E-state index contributed by atoms with van der Waals surface area (Å²) in [6, 6.07) is 0.787. The van der Waals surface area contributed by atoms with Gasteiger partial charge in [0, 0.05) is 22.4 Å². The summed E-state index contributed by atoms with van der Waals surface area (Å²) >= 11 is 1.73. The van der Waals surface area contributed by atoms with Crippen molar-refractivity contribution in [1.82, 2.24) is 4.98 Å². The molecule has 0 spiro atoms. The highest BCUT2D eigenvalue weighted by Crippen LogP contribution is 2.41. The molecule has 1 fully saturated rings. The Morgan fingerprint density at radius 2 is 2.13 bits per heavy atom. The maximum atomic E-state index is 5.98. The fourth-order valence-corrected chi connectivity index (χ4v) is 2.75. The van der Waals surface area contributed by atoms with Crippen LogP contribution < -0.4 is 11.1 Å². The average Bonchev–Trinajstić information content (AvgIpc) is 2.46. The van der Waals surface area contributed by atoms with Crippen molar-refractivity contribution in [3.05, 3.63) is 10.6 Å². The van der Waals surface area contributed by atoms with E-state index in [0.717, 1.165) is 17.2 Å². The summed E-state index contributed by atoms with van der Waals surface area (Å²) in [6.07, 6.45) is 1.05. The molecule has 1 aliphatic carbocycles. The zero-order chi connectivity index (χ0) is 11.2. The maximum absolute atomic E-state index is 5.98. The Hall–Kier alpha value is -0.610. The number of anilines is 1. The smallest absolute Gasteiger partial charge is 0.183 e. The van der Waals surface area contributed by atoms with Crippen LogP contribution in [0.1, 0.15) is 30.8 Å². The van der Waals surface area contributed by atoms with Gasteiger partial charge < -0.3 is 11.1 Å². The molecule has 0 amide bonds. The van der Waals surface area contributed by atoms with Crippen LogP contribution >= 0.6 is 11.3 Å². The molecule has 0 aromatic carbocycles. The van der Waals surface area contributed by atoms with Crippen molar-refractivity contribution < 1.29 is 0 Å². The second-order valence-corrected chi connectivity index (χ2v) is 6.22. The molecule has 1 heterocycles. The number of aryl methyl sites for hydroxylation is 2. The SMILES string of the molecule is Cc1nc(NC2CC(N)C2(C)C)sc1C. The monoisotopic (exact) mass is 225 g/mol. The van der Waals surface area contributed by atoms with Gasteiger partial charge in [0.2, 0.25) is 0 Å². The summed E-state index contributed by atoms with van der Waals surface area (Å²) < 4.78 is 0. The average molecular weight is 225 g/mol. The molecule has 84 valence electrons. The molecule has 2 unspecified atom stereocenters. The van der Waals surface area contributed by atoms with Crippen LogP contribution in [0.3, 0.4) is 0 Å². The molecule has 0 radical (unpaired) electrons. The minimum atomic E-state index is 0.188. The minimum absolute atomic E-state index is 0.188. The summed E-state index contributed by atoms with van der Waals surface area (Å²) in [7, 11) is 0. The molecule has 3 nitrogen and oxygen atoms in total.